The number of hydrogen-bond donors (Lipinski definition) is 2. The van der Waals surface area contributed by atoms with E-state index in [9.17, 15) is 4.79 Å². The molecule has 0 atom stereocenters. The van der Waals surface area contributed by atoms with Crippen LogP contribution in [0.2, 0.25) is 5.02 Å². The largest absolute Gasteiger partial charge is 0.496 e. The lowest BCUT2D eigenvalue weighted by molar-refractivity contribution is 0.0921. The Bertz CT molecular complexity index is 471. The number of methoxy groups -OCH3 is 1. The highest BCUT2D eigenvalue weighted by Gasteiger charge is 2.23. The van der Waals surface area contributed by atoms with Crippen LogP contribution in [0.4, 0.5) is 0 Å². The number of carbonyl (C=O) groups is 1. The number of ether oxygens (including phenoxy) is 1. The highest BCUT2D eigenvalue weighted by molar-refractivity contribution is 6.31. The Morgan fingerprint density at radius 3 is 2.50 bits per heavy atom. The van der Waals surface area contributed by atoms with Crippen molar-refractivity contribution in [2.24, 2.45) is 0 Å². The maximum Gasteiger partial charge on any atom is 0.255 e. The molecule has 1 aromatic carbocycles. The monoisotopic (exact) mass is 296 g/mol. The van der Waals surface area contributed by atoms with E-state index in [0.717, 1.165) is 25.7 Å². The van der Waals surface area contributed by atoms with Crippen LogP contribution in [-0.2, 0) is 0 Å². The van der Waals surface area contributed by atoms with Crippen LogP contribution in [0.1, 0.15) is 36.0 Å². The first-order chi connectivity index (χ1) is 9.63. The molecule has 1 aromatic rings. The summed E-state index contributed by atoms with van der Waals surface area (Å²) in [4.78, 5) is 12.3. The van der Waals surface area contributed by atoms with Gasteiger partial charge in [-0.05, 0) is 50.9 Å². The minimum absolute atomic E-state index is 0.114. The van der Waals surface area contributed by atoms with Gasteiger partial charge in [0.05, 0.1) is 12.7 Å². The van der Waals surface area contributed by atoms with E-state index >= 15 is 0 Å². The van der Waals surface area contributed by atoms with Gasteiger partial charge in [-0.25, -0.2) is 0 Å². The van der Waals surface area contributed by atoms with Crippen LogP contribution in [0.5, 0.6) is 5.75 Å². The SMILES string of the molecule is CNC1CCC(NC(=O)c2cc(Cl)ccc2OC)CC1. The van der Waals surface area contributed by atoms with Gasteiger partial charge in [0.2, 0.25) is 0 Å². The molecule has 0 heterocycles. The molecule has 1 fully saturated rings. The van der Waals surface area contributed by atoms with Gasteiger partial charge in [0.15, 0.2) is 0 Å². The molecule has 1 saturated carbocycles. The fourth-order valence-electron chi connectivity index (χ4n) is 2.65. The molecule has 0 saturated heterocycles. The summed E-state index contributed by atoms with van der Waals surface area (Å²) in [6, 6.07) is 5.89. The van der Waals surface area contributed by atoms with Gasteiger partial charge in [-0.2, -0.15) is 0 Å². The van der Waals surface area contributed by atoms with Crippen LogP contribution >= 0.6 is 11.6 Å². The predicted molar refractivity (Wildman–Crippen MR) is 80.6 cm³/mol. The lowest BCUT2D eigenvalue weighted by Crippen LogP contribution is -2.41. The Kier molecular flexibility index (Phi) is 5.26. The molecule has 2 N–H and O–H groups in total. The average molecular weight is 297 g/mol. The normalized spacial score (nSPS) is 22.4. The molecule has 0 bridgehead atoms. The van der Waals surface area contributed by atoms with E-state index in [1.54, 1.807) is 25.3 Å². The molecule has 1 aliphatic carbocycles. The summed E-state index contributed by atoms with van der Waals surface area (Å²) in [7, 11) is 3.54. The van der Waals surface area contributed by atoms with Gasteiger partial charge in [-0.3, -0.25) is 4.79 Å². The van der Waals surface area contributed by atoms with E-state index in [-0.39, 0.29) is 11.9 Å². The minimum atomic E-state index is -0.114. The van der Waals surface area contributed by atoms with Crippen molar-refractivity contribution in [2.75, 3.05) is 14.2 Å². The van der Waals surface area contributed by atoms with Gasteiger partial charge in [0.25, 0.3) is 5.91 Å². The maximum absolute atomic E-state index is 12.3. The fourth-order valence-corrected chi connectivity index (χ4v) is 2.82. The van der Waals surface area contributed by atoms with Crippen LogP contribution < -0.4 is 15.4 Å². The number of amides is 1. The van der Waals surface area contributed by atoms with Crippen molar-refractivity contribution in [1.82, 2.24) is 10.6 Å². The molecule has 0 unspecified atom stereocenters. The number of hydrogen-bond acceptors (Lipinski definition) is 3. The summed E-state index contributed by atoms with van der Waals surface area (Å²) in [6.45, 7) is 0. The number of benzene rings is 1. The first-order valence-electron chi connectivity index (χ1n) is 6.95. The third-order valence-corrected chi connectivity index (χ3v) is 4.11. The van der Waals surface area contributed by atoms with Crippen LogP contribution in [0, 0.1) is 0 Å². The Morgan fingerprint density at radius 2 is 1.90 bits per heavy atom. The van der Waals surface area contributed by atoms with Crippen molar-refractivity contribution in [3.05, 3.63) is 28.8 Å². The lowest BCUT2D eigenvalue weighted by Gasteiger charge is -2.29. The Labute approximate surface area is 124 Å². The van der Waals surface area contributed by atoms with E-state index < -0.39 is 0 Å². The van der Waals surface area contributed by atoms with Crippen molar-refractivity contribution in [3.8, 4) is 5.75 Å². The van der Waals surface area contributed by atoms with E-state index in [4.69, 9.17) is 16.3 Å². The van der Waals surface area contributed by atoms with Crippen molar-refractivity contribution in [2.45, 2.75) is 37.8 Å². The molecule has 2 rings (SSSR count). The van der Waals surface area contributed by atoms with Crippen LogP contribution in [0.25, 0.3) is 0 Å². The predicted octanol–water partition coefficient (Wildman–Crippen LogP) is 2.61. The van der Waals surface area contributed by atoms with Crippen LogP contribution in [0.3, 0.4) is 0 Å². The van der Waals surface area contributed by atoms with Crippen molar-refractivity contribution in [3.63, 3.8) is 0 Å². The Balaban J connectivity index is 2.00. The highest BCUT2D eigenvalue weighted by Crippen LogP contribution is 2.24. The second kappa shape index (κ2) is 6.95. The third-order valence-electron chi connectivity index (χ3n) is 3.88. The van der Waals surface area contributed by atoms with Crippen molar-refractivity contribution in [1.29, 1.82) is 0 Å². The molecule has 1 aliphatic rings. The highest BCUT2D eigenvalue weighted by atomic mass is 35.5. The Morgan fingerprint density at radius 1 is 1.25 bits per heavy atom. The van der Waals surface area contributed by atoms with Crippen LogP contribution in [-0.4, -0.2) is 32.1 Å². The summed E-state index contributed by atoms with van der Waals surface area (Å²) in [5.41, 5.74) is 0.496. The van der Waals surface area contributed by atoms with Crippen molar-refractivity contribution >= 4 is 17.5 Å². The number of nitrogens with one attached hydrogen (secondary N) is 2. The van der Waals surface area contributed by atoms with Gasteiger partial charge in [0, 0.05) is 17.1 Å². The molecule has 20 heavy (non-hydrogen) atoms. The molecule has 0 radical (unpaired) electrons. The summed E-state index contributed by atoms with van der Waals surface area (Å²) >= 11 is 5.95. The summed E-state index contributed by atoms with van der Waals surface area (Å²) in [5, 5.41) is 6.90. The fraction of sp³-hybridized carbons (Fsp3) is 0.533. The molecule has 0 aliphatic heterocycles. The summed E-state index contributed by atoms with van der Waals surface area (Å²) in [6.07, 6.45) is 4.18. The first-order valence-corrected chi connectivity index (χ1v) is 7.33. The molecule has 1 amide bonds. The average Bonchev–Trinajstić information content (AvgIpc) is 2.48. The Hall–Kier alpha value is -1.26. The van der Waals surface area contributed by atoms with Gasteiger partial charge in [-0.1, -0.05) is 11.6 Å². The van der Waals surface area contributed by atoms with Gasteiger partial charge in [0.1, 0.15) is 5.75 Å². The zero-order valence-electron chi connectivity index (χ0n) is 11.9. The van der Waals surface area contributed by atoms with E-state index in [1.807, 2.05) is 7.05 Å². The van der Waals surface area contributed by atoms with E-state index in [2.05, 4.69) is 10.6 Å². The number of carbonyl (C=O) groups excluding carboxylic acids is 1. The second-order valence-electron chi connectivity index (χ2n) is 5.16. The van der Waals surface area contributed by atoms with Gasteiger partial charge >= 0.3 is 0 Å². The minimum Gasteiger partial charge on any atom is -0.496 e. The van der Waals surface area contributed by atoms with Crippen molar-refractivity contribution < 1.29 is 9.53 Å². The van der Waals surface area contributed by atoms with Crippen LogP contribution in [0.15, 0.2) is 18.2 Å². The molecular formula is C15H21ClN2O2. The molecule has 4 nitrogen and oxygen atoms in total. The third kappa shape index (κ3) is 3.64. The van der Waals surface area contributed by atoms with E-state index in [1.165, 1.54) is 0 Å². The van der Waals surface area contributed by atoms with E-state index in [0.29, 0.717) is 22.4 Å². The topological polar surface area (TPSA) is 50.4 Å². The number of halogens is 1. The van der Waals surface area contributed by atoms with Gasteiger partial charge in [-0.15, -0.1) is 0 Å². The molecule has 5 heteroatoms. The molecule has 0 aromatic heterocycles. The smallest absolute Gasteiger partial charge is 0.255 e. The summed E-state index contributed by atoms with van der Waals surface area (Å²) < 4.78 is 5.22. The second-order valence-corrected chi connectivity index (χ2v) is 5.59. The molecule has 110 valence electrons. The zero-order chi connectivity index (χ0) is 14.5. The molecule has 0 spiro atoms. The summed E-state index contributed by atoms with van der Waals surface area (Å²) in [5.74, 6) is 0.438. The molecular weight excluding hydrogens is 276 g/mol. The standard InChI is InChI=1S/C15H21ClN2O2/c1-17-11-4-6-12(7-5-11)18-15(19)13-9-10(16)3-8-14(13)20-2/h3,8-9,11-12,17H,4-7H2,1-2H3,(H,18,19). The number of rotatable bonds is 4. The quantitative estimate of drug-likeness (QED) is 0.898. The van der Waals surface area contributed by atoms with Gasteiger partial charge < -0.3 is 15.4 Å². The maximum atomic E-state index is 12.3. The lowest BCUT2D eigenvalue weighted by atomic mass is 9.91. The zero-order valence-corrected chi connectivity index (χ0v) is 12.7. The first kappa shape index (κ1) is 15.1.